The van der Waals surface area contributed by atoms with E-state index in [1.54, 1.807) is 37.5 Å². The molecule has 5 heteroatoms. The molecule has 5 nitrogen and oxygen atoms in total. The Morgan fingerprint density at radius 3 is 2.73 bits per heavy atom. The molecular weight excluding hydrogens is 194 g/mol. The molecule has 0 amide bonds. The lowest BCUT2D eigenvalue weighted by Gasteiger charge is -2.00. The molecule has 0 aliphatic carbocycles. The van der Waals surface area contributed by atoms with Crippen molar-refractivity contribution >= 4 is 5.97 Å². The summed E-state index contributed by atoms with van der Waals surface area (Å²) in [5.74, 6) is -0.962. The molecule has 1 aromatic heterocycles. The lowest BCUT2D eigenvalue weighted by Crippen LogP contribution is -1.99. The minimum absolute atomic E-state index is 0.234. The van der Waals surface area contributed by atoms with E-state index in [0.717, 1.165) is 0 Å². The van der Waals surface area contributed by atoms with Gasteiger partial charge in [0.2, 0.25) is 0 Å². The third-order valence-corrected chi connectivity index (χ3v) is 2.04. The van der Waals surface area contributed by atoms with E-state index in [9.17, 15) is 4.79 Å². The van der Waals surface area contributed by atoms with Crippen LogP contribution in [0.15, 0.2) is 30.5 Å². The first-order valence-electron chi connectivity index (χ1n) is 4.37. The molecule has 1 N–H and O–H groups in total. The van der Waals surface area contributed by atoms with E-state index in [1.807, 2.05) is 0 Å². The topological polar surface area (TPSA) is 68.0 Å². The highest BCUT2D eigenvalue weighted by Gasteiger charge is 2.12. The third-order valence-electron chi connectivity index (χ3n) is 2.04. The molecule has 0 radical (unpaired) electrons. The summed E-state index contributed by atoms with van der Waals surface area (Å²) >= 11 is 0. The average Bonchev–Trinajstić information content (AvgIpc) is 2.65. The van der Waals surface area contributed by atoms with Gasteiger partial charge in [-0.2, -0.15) is 0 Å². The van der Waals surface area contributed by atoms with Crippen molar-refractivity contribution in [2.45, 2.75) is 0 Å². The average molecular weight is 203 g/mol. The van der Waals surface area contributed by atoms with Gasteiger partial charge in [0, 0.05) is 12.6 Å². The number of hydrogen-bond acceptors (Lipinski definition) is 3. The van der Waals surface area contributed by atoms with Crippen molar-refractivity contribution in [2.75, 3.05) is 0 Å². The fourth-order valence-corrected chi connectivity index (χ4v) is 1.36. The second kappa shape index (κ2) is 3.53. The lowest BCUT2D eigenvalue weighted by atomic mass is 10.1. The van der Waals surface area contributed by atoms with E-state index in [2.05, 4.69) is 10.3 Å². The molecular formula is C10H9N3O2. The van der Waals surface area contributed by atoms with Gasteiger partial charge in [0.25, 0.3) is 0 Å². The van der Waals surface area contributed by atoms with Gasteiger partial charge in [-0.15, -0.1) is 5.10 Å². The van der Waals surface area contributed by atoms with Crippen molar-refractivity contribution in [3.63, 3.8) is 0 Å². The van der Waals surface area contributed by atoms with Crippen LogP contribution in [0, 0.1) is 0 Å². The number of carbonyl (C=O) groups is 1. The summed E-state index contributed by atoms with van der Waals surface area (Å²) in [5, 5.41) is 16.6. The maximum atomic E-state index is 10.9. The van der Waals surface area contributed by atoms with Crippen molar-refractivity contribution < 1.29 is 9.90 Å². The van der Waals surface area contributed by atoms with Crippen LogP contribution in [0.3, 0.4) is 0 Å². The summed E-state index contributed by atoms with van der Waals surface area (Å²) in [7, 11) is 1.74. The van der Waals surface area contributed by atoms with Crippen LogP contribution in [-0.4, -0.2) is 26.1 Å². The van der Waals surface area contributed by atoms with E-state index >= 15 is 0 Å². The first kappa shape index (κ1) is 9.39. The molecule has 1 heterocycles. The van der Waals surface area contributed by atoms with Crippen molar-refractivity contribution in [3.05, 3.63) is 36.0 Å². The van der Waals surface area contributed by atoms with E-state index in [-0.39, 0.29) is 5.56 Å². The summed E-state index contributed by atoms with van der Waals surface area (Å²) in [6, 6.07) is 6.72. The first-order valence-corrected chi connectivity index (χ1v) is 4.37. The Bertz CT molecular complexity index is 505. The molecule has 2 aromatic rings. The van der Waals surface area contributed by atoms with Crippen LogP contribution in [0.1, 0.15) is 10.4 Å². The minimum atomic E-state index is -0.962. The Labute approximate surface area is 86.0 Å². The van der Waals surface area contributed by atoms with Crippen molar-refractivity contribution in [2.24, 2.45) is 7.05 Å². The Balaban J connectivity index is 2.57. The van der Waals surface area contributed by atoms with Gasteiger partial charge in [-0.05, 0) is 6.07 Å². The Kier molecular flexibility index (Phi) is 2.21. The fraction of sp³-hybridized carbons (Fsp3) is 0.100. The number of hydrogen-bond donors (Lipinski definition) is 1. The standard InChI is InChI=1S/C10H9N3O2/c1-13-6-9(11-12-13)7-4-2-3-5-8(7)10(14)15/h2-6H,1H3,(H,14,15). The maximum Gasteiger partial charge on any atom is 0.336 e. The molecule has 0 atom stereocenters. The highest BCUT2D eigenvalue weighted by molar-refractivity contribution is 5.95. The summed E-state index contributed by atoms with van der Waals surface area (Å²) in [4.78, 5) is 10.9. The first-order chi connectivity index (χ1) is 7.18. The minimum Gasteiger partial charge on any atom is -0.478 e. The molecule has 15 heavy (non-hydrogen) atoms. The zero-order valence-electron chi connectivity index (χ0n) is 8.08. The number of aromatic carboxylic acids is 1. The quantitative estimate of drug-likeness (QED) is 0.795. The van der Waals surface area contributed by atoms with Crippen LogP contribution in [0.4, 0.5) is 0 Å². The number of benzene rings is 1. The van der Waals surface area contributed by atoms with Crippen LogP contribution in [0.25, 0.3) is 11.3 Å². The van der Waals surface area contributed by atoms with Crippen molar-refractivity contribution in [3.8, 4) is 11.3 Å². The largest absolute Gasteiger partial charge is 0.478 e. The number of rotatable bonds is 2. The Hall–Kier alpha value is -2.17. The molecule has 0 unspecified atom stereocenters. The van der Waals surface area contributed by atoms with Gasteiger partial charge < -0.3 is 5.11 Å². The molecule has 0 spiro atoms. The van der Waals surface area contributed by atoms with Crippen LogP contribution in [0.2, 0.25) is 0 Å². The van der Waals surface area contributed by atoms with Gasteiger partial charge in [-0.1, -0.05) is 23.4 Å². The number of carboxylic acids is 1. The van der Waals surface area contributed by atoms with Gasteiger partial charge in [0.05, 0.1) is 11.8 Å². The molecule has 0 aliphatic rings. The molecule has 1 aromatic carbocycles. The Morgan fingerprint density at radius 2 is 2.13 bits per heavy atom. The summed E-state index contributed by atoms with van der Waals surface area (Å²) < 4.78 is 1.54. The van der Waals surface area contributed by atoms with E-state index in [4.69, 9.17) is 5.11 Å². The van der Waals surface area contributed by atoms with Crippen LogP contribution in [0.5, 0.6) is 0 Å². The van der Waals surface area contributed by atoms with Gasteiger partial charge in [0.1, 0.15) is 5.69 Å². The molecule has 0 fully saturated rings. The van der Waals surface area contributed by atoms with Gasteiger partial charge in [-0.25, -0.2) is 4.79 Å². The van der Waals surface area contributed by atoms with Crippen molar-refractivity contribution in [1.29, 1.82) is 0 Å². The third kappa shape index (κ3) is 1.71. The van der Waals surface area contributed by atoms with Crippen molar-refractivity contribution in [1.82, 2.24) is 15.0 Å². The molecule has 0 saturated carbocycles. The van der Waals surface area contributed by atoms with E-state index < -0.39 is 5.97 Å². The van der Waals surface area contributed by atoms with E-state index in [0.29, 0.717) is 11.3 Å². The van der Waals surface area contributed by atoms with Crippen LogP contribution in [-0.2, 0) is 7.05 Å². The maximum absolute atomic E-state index is 10.9. The lowest BCUT2D eigenvalue weighted by molar-refractivity contribution is 0.0697. The zero-order valence-corrected chi connectivity index (χ0v) is 8.08. The summed E-state index contributed by atoms with van der Waals surface area (Å²) in [5.41, 5.74) is 1.38. The van der Waals surface area contributed by atoms with Gasteiger partial charge in [0.15, 0.2) is 0 Å². The predicted molar refractivity (Wildman–Crippen MR) is 53.4 cm³/mol. The zero-order chi connectivity index (χ0) is 10.8. The second-order valence-corrected chi connectivity index (χ2v) is 3.13. The fourth-order valence-electron chi connectivity index (χ4n) is 1.36. The second-order valence-electron chi connectivity index (χ2n) is 3.13. The monoisotopic (exact) mass is 203 g/mol. The number of aryl methyl sites for hydroxylation is 1. The van der Waals surface area contributed by atoms with Gasteiger partial charge >= 0.3 is 5.97 Å². The molecule has 0 bridgehead atoms. The summed E-state index contributed by atoms with van der Waals surface area (Å²) in [6.45, 7) is 0. The molecule has 2 rings (SSSR count). The molecule has 0 saturated heterocycles. The SMILES string of the molecule is Cn1cc(-c2ccccc2C(=O)O)nn1. The van der Waals surface area contributed by atoms with Crippen LogP contribution >= 0.6 is 0 Å². The normalized spacial score (nSPS) is 10.2. The number of carboxylic acid groups (broad SMARTS) is 1. The number of aromatic nitrogens is 3. The van der Waals surface area contributed by atoms with Gasteiger partial charge in [-0.3, -0.25) is 4.68 Å². The number of nitrogens with zero attached hydrogens (tertiary/aromatic N) is 3. The van der Waals surface area contributed by atoms with Crippen LogP contribution < -0.4 is 0 Å². The smallest absolute Gasteiger partial charge is 0.336 e. The summed E-state index contributed by atoms with van der Waals surface area (Å²) in [6.07, 6.45) is 1.68. The molecule has 76 valence electrons. The van der Waals surface area contributed by atoms with E-state index in [1.165, 1.54) is 4.68 Å². The highest BCUT2D eigenvalue weighted by atomic mass is 16.4. The Morgan fingerprint density at radius 1 is 1.40 bits per heavy atom. The highest BCUT2D eigenvalue weighted by Crippen LogP contribution is 2.20. The predicted octanol–water partition coefficient (Wildman–Crippen LogP) is 1.18. The molecule has 0 aliphatic heterocycles.